The Kier molecular flexibility index (Phi) is 5.71. The summed E-state index contributed by atoms with van der Waals surface area (Å²) in [7, 11) is 1.51. The zero-order chi connectivity index (χ0) is 21.4. The van der Waals surface area contributed by atoms with Gasteiger partial charge >= 0.3 is 6.16 Å². The lowest BCUT2D eigenvalue weighted by molar-refractivity contribution is -0.238. The molecule has 0 unspecified atom stereocenters. The molecule has 4 rings (SSSR count). The summed E-state index contributed by atoms with van der Waals surface area (Å²) in [6.07, 6.45) is -2.33. The molecule has 3 aliphatic rings. The van der Waals surface area contributed by atoms with Crippen molar-refractivity contribution < 1.29 is 33.3 Å². The molecule has 0 radical (unpaired) electrons. The molecule has 0 N–H and O–H groups in total. The van der Waals surface area contributed by atoms with Crippen molar-refractivity contribution in [2.75, 3.05) is 7.11 Å². The van der Waals surface area contributed by atoms with Crippen LogP contribution >= 0.6 is 0 Å². The number of ether oxygens (including phenoxy) is 5. The number of carbonyl (C=O) groups excluding carboxylic acids is 2. The molecular formula is C22H27NO7. The predicted molar refractivity (Wildman–Crippen MR) is 105 cm³/mol. The predicted octanol–water partition coefficient (Wildman–Crippen LogP) is 2.62. The maximum atomic E-state index is 13.0. The molecule has 30 heavy (non-hydrogen) atoms. The summed E-state index contributed by atoms with van der Waals surface area (Å²) in [6, 6.07) is 9.45. The Labute approximate surface area is 175 Å². The van der Waals surface area contributed by atoms with Gasteiger partial charge in [0.25, 0.3) is 5.91 Å². The van der Waals surface area contributed by atoms with E-state index in [2.05, 4.69) is 0 Å². The molecule has 0 spiro atoms. The first-order chi connectivity index (χ1) is 14.4. The van der Waals surface area contributed by atoms with Gasteiger partial charge in [0.05, 0.1) is 12.1 Å². The second-order valence-corrected chi connectivity index (χ2v) is 8.10. The van der Waals surface area contributed by atoms with Crippen LogP contribution in [-0.2, 0) is 35.1 Å². The van der Waals surface area contributed by atoms with E-state index in [0.29, 0.717) is 12.4 Å². The van der Waals surface area contributed by atoms with Gasteiger partial charge in [-0.25, -0.2) is 4.79 Å². The van der Waals surface area contributed by atoms with Crippen LogP contribution in [0.15, 0.2) is 42.2 Å². The SMILES string of the molecule is CO[C@@H]1[C@@H]2OC(=O)O[C@@H]2[C@H](C)O[C@H]1N1C(=O)C=C(OCc2ccccc2)[C@@H]1C(C)C. The minimum Gasteiger partial charge on any atom is -0.491 e. The Balaban J connectivity index is 1.56. The van der Waals surface area contributed by atoms with Crippen LogP contribution in [0, 0.1) is 5.92 Å². The molecule has 162 valence electrons. The molecule has 3 aliphatic heterocycles. The normalized spacial score (nSPS) is 33.2. The minimum atomic E-state index is -0.749. The van der Waals surface area contributed by atoms with Crippen molar-refractivity contribution in [2.45, 2.75) is 64.1 Å². The van der Waals surface area contributed by atoms with Gasteiger partial charge in [0.2, 0.25) is 0 Å². The number of fused-ring (bicyclic) bond motifs is 1. The van der Waals surface area contributed by atoms with Crippen molar-refractivity contribution in [3.63, 3.8) is 0 Å². The van der Waals surface area contributed by atoms with Crippen LogP contribution in [0.4, 0.5) is 4.79 Å². The molecule has 1 amide bonds. The molecule has 1 aromatic rings. The van der Waals surface area contributed by atoms with Crippen LogP contribution in [0.3, 0.4) is 0 Å². The second-order valence-electron chi connectivity index (χ2n) is 8.10. The lowest BCUT2D eigenvalue weighted by Gasteiger charge is -2.45. The highest BCUT2D eigenvalue weighted by Crippen LogP contribution is 2.38. The van der Waals surface area contributed by atoms with Gasteiger partial charge in [-0.1, -0.05) is 44.2 Å². The summed E-state index contributed by atoms with van der Waals surface area (Å²) in [5.41, 5.74) is 1.02. The van der Waals surface area contributed by atoms with Crippen molar-refractivity contribution in [3.8, 4) is 0 Å². The largest absolute Gasteiger partial charge is 0.509 e. The number of methoxy groups -OCH3 is 1. The van der Waals surface area contributed by atoms with E-state index in [9.17, 15) is 9.59 Å². The first-order valence-corrected chi connectivity index (χ1v) is 10.2. The van der Waals surface area contributed by atoms with E-state index < -0.39 is 36.8 Å². The van der Waals surface area contributed by atoms with Crippen LogP contribution in [0.5, 0.6) is 0 Å². The Morgan fingerprint density at radius 1 is 1.10 bits per heavy atom. The fourth-order valence-electron chi connectivity index (χ4n) is 4.37. The van der Waals surface area contributed by atoms with E-state index in [1.807, 2.05) is 44.2 Å². The van der Waals surface area contributed by atoms with Gasteiger partial charge in [0, 0.05) is 13.2 Å². The molecule has 2 fully saturated rings. The Morgan fingerprint density at radius 2 is 1.80 bits per heavy atom. The van der Waals surface area contributed by atoms with Crippen LogP contribution in [0.2, 0.25) is 0 Å². The molecule has 1 aromatic carbocycles. The monoisotopic (exact) mass is 417 g/mol. The third kappa shape index (κ3) is 3.65. The molecule has 0 aliphatic carbocycles. The number of nitrogens with zero attached hydrogens (tertiary/aromatic N) is 1. The summed E-state index contributed by atoms with van der Waals surface area (Å²) in [5.74, 6) is 0.432. The van der Waals surface area contributed by atoms with Crippen molar-refractivity contribution in [3.05, 3.63) is 47.7 Å². The molecule has 2 saturated heterocycles. The Morgan fingerprint density at radius 3 is 2.47 bits per heavy atom. The molecule has 0 aromatic heterocycles. The summed E-state index contributed by atoms with van der Waals surface area (Å²) in [5, 5.41) is 0. The molecule has 6 atom stereocenters. The summed E-state index contributed by atoms with van der Waals surface area (Å²) < 4.78 is 28.4. The maximum absolute atomic E-state index is 13.0. The van der Waals surface area contributed by atoms with E-state index in [-0.39, 0.29) is 17.9 Å². The maximum Gasteiger partial charge on any atom is 0.509 e. The fraction of sp³-hybridized carbons (Fsp3) is 0.545. The summed E-state index contributed by atoms with van der Waals surface area (Å²) in [4.78, 5) is 26.4. The van der Waals surface area contributed by atoms with E-state index in [0.717, 1.165) is 5.56 Å². The van der Waals surface area contributed by atoms with Gasteiger partial charge in [0.1, 0.15) is 18.5 Å². The van der Waals surface area contributed by atoms with Crippen LogP contribution in [0.1, 0.15) is 26.3 Å². The standard InChI is InChI=1S/C22H27NO7/c1-12(2)17-15(27-11-14-8-6-5-7-9-14)10-16(24)23(17)21-20(26-4)19-18(13(3)28-21)29-22(25)30-19/h5-10,12-13,17-21H,11H2,1-4H3/t13-,17-,18+,19+,20+,21+/m0/s1. The van der Waals surface area contributed by atoms with Gasteiger partial charge in [0.15, 0.2) is 18.4 Å². The third-order valence-electron chi connectivity index (χ3n) is 5.75. The molecule has 3 heterocycles. The van der Waals surface area contributed by atoms with E-state index in [1.54, 1.807) is 11.8 Å². The Bertz CT molecular complexity index is 824. The summed E-state index contributed by atoms with van der Waals surface area (Å²) in [6.45, 7) is 6.20. The molecule has 0 saturated carbocycles. The van der Waals surface area contributed by atoms with Gasteiger partial charge in [-0.2, -0.15) is 0 Å². The number of carbonyl (C=O) groups is 2. The fourth-order valence-corrected chi connectivity index (χ4v) is 4.37. The highest BCUT2D eigenvalue weighted by atomic mass is 16.8. The van der Waals surface area contributed by atoms with E-state index in [1.165, 1.54) is 13.2 Å². The van der Waals surface area contributed by atoms with Gasteiger partial charge in [-0.3, -0.25) is 4.79 Å². The van der Waals surface area contributed by atoms with E-state index in [4.69, 9.17) is 23.7 Å². The first kappa shape index (κ1) is 20.7. The van der Waals surface area contributed by atoms with Crippen LogP contribution in [-0.4, -0.2) is 60.8 Å². The topological polar surface area (TPSA) is 83.5 Å². The quantitative estimate of drug-likeness (QED) is 0.658. The van der Waals surface area contributed by atoms with Crippen molar-refractivity contribution in [1.82, 2.24) is 4.90 Å². The van der Waals surface area contributed by atoms with Gasteiger partial charge in [-0.15, -0.1) is 0 Å². The van der Waals surface area contributed by atoms with Crippen LogP contribution in [0.25, 0.3) is 0 Å². The molecule has 0 bridgehead atoms. The number of hydrogen-bond donors (Lipinski definition) is 0. The number of benzene rings is 1. The highest BCUT2D eigenvalue weighted by molar-refractivity contribution is 5.91. The number of rotatable bonds is 6. The Hall–Kier alpha value is -2.58. The summed E-state index contributed by atoms with van der Waals surface area (Å²) >= 11 is 0. The number of amides is 1. The number of hydrogen-bond acceptors (Lipinski definition) is 7. The zero-order valence-corrected chi connectivity index (χ0v) is 17.5. The lowest BCUT2D eigenvalue weighted by atomic mass is 9.96. The van der Waals surface area contributed by atoms with Crippen molar-refractivity contribution in [2.24, 2.45) is 5.92 Å². The minimum absolute atomic E-state index is 0.0648. The average Bonchev–Trinajstić information content (AvgIpc) is 3.27. The molecular weight excluding hydrogens is 390 g/mol. The second kappa shape index (κ2) is 8.28. The lowest BCUT2D eigenvalue weighted by Crippen LogP contribution is -2.63. The van der Waals surface area contributed by atoms with Gasteiger partial charge in [-0.05, 0) is 18.4 Å². The first-order valence-electron chi connectivity index (χ1n) is 10.2. The molecule has 8 nitrogen and oxygen atoms in total. The van der Waals surface area contributed by atoms with E-state index >= 15 is 0 Å². The van der Waals surface area contributed by atoms with Crippen molar-refractivity contribution in [1.29, 1.82) is 0 Å². The smallest absolute Gasteiger partial charge is 0.491 e. The van der Waals surface area contributed by atoms with Gasteiger partial charge < -0.3 is 28.6 Å². The average molecular weight is 417 g/mol. The zero-order valence-electron chi connectivity index (χ0n) is 17.5. The highest BCUT2D eigenvalue weighted by Gasteiger charge is 2.57. The third-order valence-corrected chi connectivity index (χ3v) is 5.75. The van der Waals surface area contributed by atoms with Crippen LogP contribution < -0.4 is 0 Å². The van der Waals surface area contributed by atoms with Crippen molar-refractivity contribution >= 4 is 12.1 Å². The molecule has 8 heteroatoms.